The van der Waals surface area contributed by atoms with Crippen molar-refractivity contribution in [3.05, 3.63) is 64.5 Å². The van der Waals surface area contributed by atoms with E-state index in [4.69, 9.17) is 14.1 Å². The van der Waals surface area contributed by atoms with Crippen molar-refractivity contribution in [2.45, 2.75) is 6.92 Å². The summed E-state index contributed by atoms with van der Waals surface area (Å²) in [6.07, 6.45) is 0. The van der Waals surface area contributed by atoms with Crippen LogP contribution in [-0.2, 0) is 0 Å². The van der Waals surface area contributed by atoms with Crippen LogP contribution >= 0.6 is 23.7 Å². The van der Waals surface area contributed by atoms with Gasteiger partial charge in [-0.25, -0.2) is 9.78 Å². The van der Waals surface area contributed by atoms with E-state index in [1.54, 1.807) is 23.1 Å². The number of carbonyl (C=O) groups is 1. The standard InChI is InChI=1S/C23H23N3O4S.ClH/c1-4-29-18-10-7-11-19-20(18)24-23(31-19)26(13-12-25(2)3)21(27)16-14-15-8-5-6-9-17(15)30-22(16)28;/h5-11,14H,4,12-13H2,1-3H3;1H. The van der Waals surface area contributed by atoms with Crippen LogP contribution in [0.25, 0.3) is 21.2 Å². The van der Waals surface area contributed by atoms with Crippen molar-refractivity contribution in [3.63, 3.8) is 0 Å². The zero-order valence-corrected chi connectivity index (χ0v) is 19.7. The van der Waals surface area contributed by atoms with Gasteiger partial charge in [-0.3, -0.25) is 9.69 Å². The van der Waals surface area contributed by atoms with Gasteiger partial charge in [0.15, 0.2) is 5.13 Å². The van der Waals surface area contributed by atoms with E-state index in [2.05, 4.69) is 0 Å². The number of para-hydroxylation sites is 2. The Morgan fingerprint density at radius 1 is 1.12 bits per heavy atom. The number of rotatable bonds is 7. The smallest absolute Gasteiger partial charge is 0.349 e. The van der Waals surface area contributed by atoms with Gasteiger partial charge in [0.25, 0.3) is 5.91 Å². The van der Waals surface area contributed by atoms with Gasteiger partial charge >= 0.3 is 5.63 Å². The molecule has 0 aliphatic carbocycles. The van der Waals surface area contributed by atoms with E-state index in [-0.39, 0.29) is 18.0 Å². The van der Waals surface area contributed by atoms with Gasteiger partial charge in [0.2, 0.25) is 0 Å². The molecule has 1 amide bonds. The summed E-state index contributed by atoms with van der Waals surface area (Å²) in [5.74, 6) is 0.242. The monoisotopic (exact) mass is 473 g/mol. The van der Waals surface area contributed by atoms with E-state index < -0.39 is 11.5 Å². The zero-order chi connectivity index (χ0) is 22.0. The molecular weight excluding hydrogens is 450 g/mol. The molecule has 168 valence electrons. The number of halogens is 1. The SMILES string of the molecule is CCOc1cccc2sc(N(CCN(C)C)C(=O)c3cc4ccccc4oc3=O)nc12.Cl. The van der Waals surface area contributed by atoms with Crippen LogP contribution in [0.2, 0.25) is 0 Å². The molecule has 2 heterocycles. The number of anilines is 1. The molecule has 9 heteroatoms. The largest absolute Gasteiger partial charge is 0.492 e. The van der Waals surface area contributed by atoms with Crippen LogP contribution in [0.5, 0.6) is 5.75 Å². The zero-order valence-electron chi connectivity index (χ0n) is 18.0. The van der Waals surface area contributed by atoms with E-state index in [1.165, 1.54) is 11.3 Å². The molecule has 0 saturated heterocycles. The van der Waals surface area contributed by atoms with Gasteiger partial charge in [0.1, 0.15) is 22.4 Å². The minimum atomic E-state index is -0.658. The van der Waals surface area contributed by atoms with Crippen molar-refractivity contribution in [1.29, 1.82) is 0 Å². The lowest BCUT2D eigenvalue weighted by atomic mass is 10.1. The second-order valence-corrected chi connectivity index (χ2v) is 8.29. The normalized spacial score (nSPS) is 11.0. The van der Waals surface area contributed by atoms with Gasteiger partial charge in [-0.2, -0.15) is 0 Å². The van der Waals surface area contributed by atoms with Crippen molar-refractivity contribution < 1.29 is 13.9 Å². The van der Waals surface area contributed by atoms with Gasteiger partial charge in [0.05, 0.1) is 11.3 Å². The topological polar surface area (TPSA) is 75.9 Å². The van der Waals surface area contributed by atoms with Gasteiger partial charge in [-0.15, -0.1) is 12.4 Å². The average Bonchev–Trinajstić information content (AvgIpc) is 3.18. The number of aromatic nitrogens is 1. The highest BCUT2D eigenvalue weighted by atomic mass is 35.5. The molecule has 2 aromatic heterocycles. The minimum Gasteiger partial charge on any atom is -0.492 e. The number of likely N-dealkylation sites (N-methyl/N-ethyl adjacent to an activating group) is 1. The highest BCUT2D eigenvalue weighted by Crippen LogP contribution is 2.34. The first kappa shape index (κ1) is 23.7. The Hall–Kier alpha value is -2.94. The van der Waals surface area contributed by atoms with E-state index in [0.717, 1.165) is 4.70 Å². The van der Waals surface area contributed by atoms with Crippen LogP contribution in [-0.4, -0.2) is 49.6 Å². The first-order valence-corrected chi connectivity index (χ1v) is 10.8. The predicted octanol–water partition coefficient (Wildman–Crippen LogP) is 4.43. The second-order valence-electron chi connectivity index (χ2n) is 7.28. The quantitative estimate of drug-likeness (QED) is 0.369. The summed E-state index contributed by atoms with van der Waals surface area (Å²) in [4.78, 5) is 34.3. The summed E-state index contributed by atoms with van der Waals surface area (Å²) in [5.41, 5.74) is 0.485. The average molecular weight is 474 g/mol. The molecule has 2 aromatic carbocycles. The molecule has 4 rings (SSSR count). The molecule has 0 radical (unpaired) electrons. The van der Waals surface area contributed by atoms with Gasteiger partial charge in [-0.1, -0.05) is 35.6 Å². The lowest BCUT2D eigenvalue weighted by molar-refractivity contribution is 0.0982. The lowest BCUT2D eigenvalue weighted by Crippen LogP contribution is -2.38. The summed E-state index contributed by atoms with van der Waals surface area (Å²) in [6.45, 7) is 3.42. The number of ether oxygens (including phenoxy) is 1. The maximum Gasteiger partial charge on any atom is 0.349 e. The molecule has 32 heavy (non-hydrogen) atoms. The first-order valence-electron chi connectivity index (χ1n) is 9.99. The maximum atomic E-state index is 13.5. The molecule has 0 saturated carbocycles. The Morgan fingerprint density at radius 3 is 2.66 bits per heavy atom. The van der Waals surface area contributed by atoms with Crippen LogP contribution in [0.15, 0.2) is 57.7 Å². The number of fused-ring (bicyclic) bond motifs is 2. The number of hydrogen-bond donors (Lipinski definition) is 0. The number of benzene rings is 2. The van der Waals surface area contributed by atoms with Crippen LogP contribution < -0.4 is 15.3 Å². The summed E-state index contributed by atoms with van der Waals surface area (Å²) < 4.78 is 12.0. The number of hydrogen-bond acceptors (Lipinski definition) is 7. The van der Waals surface area contributed by atoms with Crippen LogP contribution in [0.3, 0.4) is 0 Å². The third-order valence-electron chi connectivity index (χ3n) is 4.79. The Bertz CT molecular complexity index is 1300. The molecule has 0 spiro atoms. The van der Waals surface area contributed by atoms with E-state index >= 15 is 0 Å². The molecule has 0 unspecified atom stereocenters. The Kier molecular flexibility index (Phi) is 7.50. The molecule has 0 fully saturated rings. The van der Waals surface area contributed by atoms with E-state index in [1.807, 2.05) is 56.3 Å². The number of carbonyl (C=O) groups excluding carboxylic acids is 1. The fraction of sp³-hybridized carbons (Fsp3) is 0.261. The van der Waals surface area contributed by atoms with Gasteiger partial charge < -0.3 is 14.1 Å². The molecule has 0 N–H and O–H groups in total. The molecule has 0 atom stereocenters. The molecule has 0 aliphatic rings. The molecule has 7 nitrogen and oxygen atoms in total. The Labute approximate surface area is 195 Å². The Morgan fingerprint density at radius 2 is 1.91 bits per heavy atom. The fourth-order valence-electron chi connectivity index (χ4n) is 3.24. The van der Waals surface area contributed by atoms with Crippen molar-refractivity contribution >= 4 is 56.0 Å². The summed E-state index contributed by atoms with van der Waals surface area (Å²) >= 11 is 1.39. The number of nitrogens with zero attached hydrogens (tertiary/aromatic N) is 3. The Balaban J connectivity index is 0.00000289. The highest BCUT2D eigenvalue weighted by Gasteiger charge is 2.25. The van der Waals surface area contributed by atoms with E-state index in [9.17, 15) is 9.59 Å². The van der Waals surface area contributed by atoms with Crippen molar-refractivity contribution in [2.75, 3.05) is 38.7 Å². The molecule has 0 aliphatic heterocycles. The van der Waals surface area contributed by atoms with Crippen molar-refractivity contribution in [1.82, 2.24) is 9.88 Å². The molecule has 4 aromatic rings. The summed E-state index contributed by atoms with van der Waals surface area (Å²) in [7, 11) is 3.86. The maximum absolute atomic E-state index is 13.5. The van der Waals surface area contributed by atoms with Crippen LogP contribution in [0.1, 0.15) is 17.3 Å². The van der Waals surface area contributed by atoms with E-state index in [0.29, 0.717) is 47.1 Å². The first-order chi connectivity index (χ1) is 15.0. The molecule has 0 bridgehead atoms. The number of thiazole rings is 1. The lowest BCUT2D eigenvalue weighted by Gasteiger charge is -2.21. The minimum absolute atomic E-state index is 0. The van der Waals surface area contributed by atoms with Crippen LogP contribution in [0, 0.1) is 0 Å². The van der Waals surface area contributed by atoms with Gasteiger partial charge in [-0.05, 0) is 45.3 Å². The molecular formula is C23H24ClN3O4S. The predicted molar refractivity (Wildman–Crippen MR) is 131 cm³/mol. The third-order valence-corrected chi connectivity index (χ3v) is 5.83. The fourth-order valence-corrected chi connectivity index (χ4v) is 4.25. The summed E-state index contributed by atoms with van der Waals surface area (Å²) in [5, 5.41) is 1.21. The third kappa shape index (κ3) is 4.77. The van der Waals surface area contributed by atoms with Crippen LogP contribution in [0.4, 0.5) is 5.13 Å². The number of amides is 1. The highest BCUT2D eigenvalue weighted by molar-refractivity contribution is 7.22. The van der Waals surface area contributed by atoms with Crippen molar-refractivity contribution in [2.24, 2.45) is 0 Å². The second kappa shape index (κ2) is 10.1. The van der Waals surface area contributed by atoms with Crippen molar-refractivity contribution in [3.8, 4) is 5.75 Å². The van der Waals surface area contributed by atoms with Gasteiger partial charge in [0, 0.05) is 18.5 Å². The summed E-state index contributed by atoms with van der Waals surface area (Å²) in [6, 6.07) is 14.4.